The van der Waals surface area contributed by atoms with E-state index in [0.717, 1.165) is 11.3 Å². The van der Waals surface area contributed by atoms with E-state index in [9.17, 15) is 9.59 Å². The van der Waals surface area contributed by atoms with Crippen LogP contribution < -0.4 is 10.6 Å². The van der Waals surface area contributed by atoms with Crippen LogP contribution in [0.1, 0.15) is 24.5 Å². The van der Waals surface area contributed by atoms with Gasteiger partial charge in [0, 0.05) is 23.5 Å². The van der Waals surface area contributed by atoms with Gasteiger partial charge in [-0.2, -0.15) is 0 Å². The van der Waals surface area contributed by atoms with Gasteiger partial charge in [0.2, 0.25) is 11.8 Å². The van der Waals surface area contributed by atoms with Gasteiger partial charge in [-0.1, -0.05) is 42.4 Å². The fourth-order valence-corrected chi connectivity index (χ4v) is 3.33. The van der Waals surface area contributed by atoms with E-state index in [1.54, 1.807) is 19.3 Å². The lowest BCUT2D eigenvalue weighted by molar-refractivity contribution is -0.116. The molecule has 7 nitrogen and oxygen atoms in total. The molecule has 0 fully saturated rings. The highest BCUT2D eigenvalue weighted by Crippen LogP contribution is 2.23. The summed E-state index contributed by atoms with van der Waals surface area (Å²) >= 11 is 1.31. The molecule has 0 aliphatic rings. The molecular weight excluding hydrogens is 386 g/mol. The molecule has 0 radical (unpaired) electrons. The number of nitrogens with one attached hydrogen (secondary N) is 2. The van der Waals surface area contributed by atoms with E-state index in [1.165, 1.54) is 17.3 Å². The Balaban J connectivity index is 1.64. The molecule has 0 spiro atoms. The molecule has 3 aromatic rings. The third kappa shape index (κ3) is 5.45. The smallest absolute Gasteiger partial charge is 0.234 e. The molecule has 29 heavy (non-hydrogen) atoms. The number of aromatic nitrogens is 3. The Morgan fingerprint density at radius 3 is 2.52 bits per heavy atom. The molecule has 0 atom stereocenters. The Labute approximate surface area is 173 Å². The SMILES string of the molecule is CCC(=O)Nc1ccc(C)c(NC(=O)CSc2nncn2-c2ccc(C)cc2)c1. The van der Waals surface area contributed by atoms with Crippen molar-refractivity contribution in [2.75, 3.05) is 16.4 Å². The number of carbonyl (C=O) groups excluding carboxylic acids is 2. The van der Waals surface area contributed by atoms with Crippen molar-refractivity contribution in [2.45, 2.75) is 32.3 Å². The summed E-state index contributed by atoms with van der Waals surface area (Å²) in [4.78, 5) is 24.0. The Hall–Kier alpha value is -3.13. The van der Waals surface area contributed by atoms with E-state index < -0.39 is 0 Å². The van der Waals surface area contributed by atoms with Gasteiger partial charge in [-0.05, 0) is 43.7 Å². The number of hydrogen-bond acceptors (Lipinski definition) is 5. The summed E-state index contributed by atoms with van der Waals surface area (Å²) < 4.78 is 1.85. The van der Waals surface area contributed by atoms with Crippen molar-refractivity contribution in [3.63, 3.8) is 0 Å². The van der Waals surface area contributed by atoms with E-state index >= 15 is 0 Å². The first-order valence-corrected chi connectivity index (χ1v) is 10.2. The minimum absolute atomic E-state index is 0.0721. The van der Waals surface area contributed by atoms with Crippen LogP contribution in [-0.2, 0) is 9.59 Å². The van der Waals surface area contributed by atoms with Gasteiger partial charge in [0.05, 0.1) is 5.75 Å². The zero-order valence-corrected chi connectivity index (χ0v) is 17.4. The lowest BCUT2D eigenvalue weighted by Gasteiger charge is -2.11. The topological polar surface area (TPSA) is 88.9 Å². The number of anilines is 2. The fraction of sp³-hybridized carbons (Fsp3) is 0.238. The quantitative estimate of drug-likeness (QED) is 0.577. The number of rotatable bonds is 7. The van der Waals surface area contributed by atoms with Crippen molar-refractivity contribution < 1.29 is 9.59 Å². The van der Waals surface area contributed by atoms with Crippen LogP contribution in [0, 0.1) is 13.8 Å². The Morgan fingerprint density at radius 1 is 1.03 bits per heavy atom. The average Bonchev–Trinajstić information content (AvgIpc) is 3.18. The summed E-state index contributed by atoms with van der Waals surface area (Å²) in [5.41, 5.74) is 4.36. The van der Waals surface area contributed by atoms with Crippen LogP contribution in [0.15, 0.2) is 53.9 Å². The standard InChI is InChI=1S/C21H23N5O2S/c1-4-19(27)23-16-8-7-15(3)18(11-16)24-20(28)12-29-21-25-22-13-26(21)17-9-5-14(2)6-10-17/h5-11,13H,4,12H2,1-3H3,(H,23,27)(H,24,28). The maximum atomic E-state index is 12.5. The third-order valence-electron chi connectivity index (χ3n) is 4.28. The molecule has 8 heteroatoms. The molecular formula is C21H23N5O2S. The number of hydrogen-bond donors (Lipinski definition) is 2. The highest BCUT2D eigenvalue weighted by Gasteiger charge is 2.12. The number of thioether (sulfide) groups is 1. The van der Waals surface area contributed by atoms with Crippen molar-refractivity contribution in [3.8, 4) is 5.69 Å². The molecule has 150 valence electrons. The van der Waals surface area contributed by atoms with Gasteiger partial charge in [-0.3, -0.25) is 14.2 Å². The van der Waals surface area contributed by atoms with Crippen molar-refractivity contribution >= 4 is 35.0 Å². The molecule has 2 amide bonds. The number of aryl methyl sites for hydroxylation is 2. The van der Waals surface area contributed by atoms with E-state index in [-0.39, 0.29) is 17.6 Å². The largest absolute Gasteiger partial charge is 0.326 e. The molecule has 2 N–H and O–H groups in total. The lowest BCUT2D eigenvalue weighted by atomic mass is 10.1. The van der Waals surface area contributed by atoms with Crippen molar-refractivity contribution in [1.29, 1.82) is 0 Å². The second-order valence-electron chi connectivity index (χ2n) is 6.59. The minimum Gasteiger partial charge on any atom is -0.326 e. The van der Waals surface area contributed by atoms with E-state index in [0.29, 0.717) is 23.0 Å². The predicted octanol–water partition coefficient (Wildman–Crippen LogP) is 3.96. The Bertz CT molecular complexity index is 1010. The van der Waals surface area contributed by atoms with Crippen LogP contribution >= 0.6 is 11.8 Å². The monoisotopic (exact) mass is 409 g/mol. The van der Waals surface area contributed by atoms with Gasteiger partial charge < -0.3 is 10.6 Å². The Kier molecular flexibility index (Phi) is 6.66. The molecule has 3 rings (SSSR count). The maximum absolute atomic E-state index is 12.5. The number of nitrogens with zero attached hydrogens (tertiary/aromatic N) is 3. The van der Waals surface area contributed by atoms with Crippen LogP contribution in [0.5, 0.6) is 0 Å². The summed E-state index contributed by atoms with van der Waals surface area (Å²) in [5, 5.41) is 14.4. The minimum atomic E-state index is -0.157. The zero-order chi connectivity index (χ0) is 20.8. The van der Waals surface area contributed by atoms with Crippen LogP contribution in [0.25, 0.3) is 5.69 Å². The highest BCUT2D eigenvalue weighted by molar-refractivity contribution is 7.99. The second kappa shape index (κ2) is 9.38. The first kappa shape index (κ1) is 20.6. The molecule has 0 aliphatic heterocycles. The number of amides is 2. The molecule has 0 saturated carbocycles. The third-order valence-corrected chi connectivity index (χ3v) is 5.22. The molecule has 0 bridgehead atoms. The van der Waals surface area contributed by atoms with Gasteiger partial charge >= 0.3 is 0 Å². The summed E-state index contributed by atoms with van der Waals surface area (Å²) in [6, 6.07) is 13.5. The van der Waals surface area contributed by atoms with Crippen LogP contribution in [0.2, 0.25) is 0 Å². The number of carbonyl (C=O) groups is 2. The lowest BCUT2D eigenvalue weighted by Crippen LogP contribution is -2.16. The van der Waals surface area contributed by atoms with Crippen molar-refractivity contribution in [1.82, 2.24) is 14.8 Å². The van der Waals surface area contributed by atoms with Crippen LogP contribution in [-0.4, -0.2) is 32.3 Å². The van der Waals surface area contributed by atoms with Crippen molar-refractivity contribution in [3.05, 3.63) is 59.9 Å². The van der Waals surface area contributed by atoms with Gasteiger partial charge in [-0.15, -0.1) is 10.2 Å². The molecule has 2 aromatic carbocycles. The van der Waals surface area contributed by atoms with Gasteiger partial charge in [-0.25, -0.2) is 0 Å². The van der Waals surface area contributed by atoms with Gasteiger partial charge in [0.25, 0.3) is 0 Å². The molecule has 0 aliphatic carbocycles. The fourth-order valence-electron chi connectivity index (χ4n) is 2.61. The highest BCUT2D eigenvalue weighted by atomic mass is 32.2. The van der Waals surface area contributed by atoms with E-state index in [2.05, 4.69) is 20.8 Å². The van der Waals surface area contributed by atoms with Crippen LogP contribution in [0.4, 0.5) is 11.4 Å². The Morgan fingerprint density at radius 2 is 1.79 bits per heavy atom. The van der Waals surface area contributed by atoms with E-state index in [4.69, 9.17) is 0 Å². The summed E-state index contributed by atoms with van der Waals surface area (Å²) in [5.74, 6) is -0.0390. The molecule has 1 aromatic heterocycles. The normalized spacial score (nSPS) is 10.6. The van der Waals surface area contributed by atoms with Gasteiger partial charge in [0.1, 0.15) is 6.33 Å². The summed E-state index contributed by atoms with van der Waals surface area (Å²) in [6.45, 7) is 5.72. The first-order valence-electron chi connectivity index (χ1n) is 9.26. The van der Waals surface area contributed by atoms with Crippen molar-refractivity contribution in [2.24, 2.45) is 0 Å². The number of benzene rings is 2. The molecule has 0 unspecified atom stereocenters. The molecule has 1 heterocycles. The average molecular weight is 410 g/mol. The first-order chi connectivity index (χ1) is 14.0. The summed E-state index contributed by atoms with van der Waals surface area (Å²) in [7, 11) is 0. The second-order valence-corrected chi connectivity index (χ2v) is 7.53. The predicted molar refractivity (Wildman–Crippen MR) is 116 cm³/mol. The van der Waals surface area contributed by atoms with E-state index in [1.807, 2.05) is 54.8 Å². The zero-order valence-electron chi connectivity index (χ0n) is 16.6. The molecule has 0 saturated heterocycles. The maximum Gasteiger partial charge on any atom is 0.234 e. The summed E-state index contributed by atoms with van der Waals surface area (Å²) in [6.07, 6.45) is 2.03. The van der Waals surface area contributed by atoms with Gasteiger partial charge in [0.15, 0.2) is 5.16 Å². The van der Waals surface area contributed by atoms with Crippen LogP contribution in [0.3, 0.4) is 0 Å².